The van der Waals surface area contributed by atoms with Crippen molar-refractivity contribution in [3.05, 3.63) is 42.1 Å². The lowest BCUT2D eigenvalue weighted by Crippen LogP contribution is -2.14. The maximum Gasteiger partial charge on any atom is 0.0705 e. The van der Waals surface area contributed by atoms with Gasteiger partial charge in [-0.1, -0.05) is 50.3 Å². The van der Waals surface area contributed by atoms with Crippen LogP contribution in [0.2, 0.25) is 0 Å². The molecule has 1 fully saturated rings. The number of rotatable bonds is 4. The number of aromatic nitrogens is 1. The molecule has 1 atom stereocenters. The van der Waals surface area contributed by atoms with Crippen LogP contribution >= 0.6 is 0 Å². The highest BCUT2D eigenvalue weighted by Crippen LogP contribution is 2.30. The van der Waals surface area contributed by atoms with Crippen molar-refractivity contribution in [3.8, 4) is 0 Å². The SMILES string of the molecule is NC(CCC1CCCCC1)c1ccc2cccnc2c1. The Morgan fingerprint density at radius 1 is 1.15 bits per heavy atom. The van der Waals surface area contributed by atoms with Crippen molar-refractivity contribution in [2.24, 2.45) is 11.7 Å². The van der Waals surface area contributed by atoms with Crippen LogP contribution in [0.5, 0.6) is 0 Å². The molecule has 1 aliphatic rings. The summed E-state index contributed by atoms with van der Waals surface area (Å²) < 4.78 is 0. The molecule has 0 bridgehead atoms. The summed E-state index contributed by atoms with van der Waals surface area (Å²) in [6.45, 7) is 0. The average molecular weight is 268 g/mol. The summed E-state index contributed by atoms with van der Waals surface area (Å²) in [6, 6.07) is 10.7. The van der Waals surface area contributed by atoms with Crippen LogP contribution in [0, 0.1) is 5.92 Å². The van der Waals surface area contributed by atoms with Gasteiger partial charge in [-0.3, -0.25) is 4.98 Å². The molecule has 2 aromatic rings. The van der Waals surface area contributed by atoms with Crippen LogP contribution in [0.4, 0.5) is 0 Å². The highest BCUT2D eigenvalue weighted by molar-refractivity contribution is 5.78. The molecular weight excluding hydrogens is 244 g/mol. The van der Waals surface area contributed by atoms with Crippen LogP contribution < -0.4 is 5.73 Å². The van der Waals surface area contributed by atoms with Crippen molar-refractivity contribution >= 4 is 10.9 Å². The van der Waals surface area contributed by atoms with Gasteiger partial charge in [-0.15, -0.1) is 0 Å². The number of nitrogens with zero attached hydrogens (tertiary/aromatic N) is 1. The van der Waals surface area contributed by atoms with Gasteiger partial charge < -0.3 is 5.73 Å². The zero-order chi connectivity index (χ0) is 13.8. The van der Waals surface area contributed by atoms with E-state index < -0.39 is 0 Å². The largest absolute Gasteiger partial charge is 0.324 e. The Hall–Kier alpha value is -1.41. The van der Waals surface area contributed by atoms with Gasteiger partial charge in [0.05, 0.1) is 5.52 Å². The minimum Gasteiger partial charge on any atom is -0.324 e. The highest BCUT2D eigenvalue weighted by Gasteiger charge is 2.15. The van der Waals surface area contributed by atoms with Gasteiger partial charge in [-0.25, -0.2) is 0 Å². The smallest absolute Gasteiger partial charge is 0.0705 e. The van der Waals surface area contributed by atoms with Gasteiger partial charge in [0.25, 0.3) is 0 Å². The van der Waals surface area contributed by atoms with Crippen LogP contribution in [0.25, 0.3) is 10.9 Å². The first kappa shape index (κ1) is 13.6. The van der Waals surface area contributed by atoms with Crippen molar-refractivity contribution in [2.75, 3.05) is 0 Å². The van der Waals surface area contributed by atoms with E-state index in [9.17, 15) is 0 Å². The van der Waals surface area contributed by atoms with E-state index in [4.69, 9.17) is 5.73 Å². The summed E-state index contributed by atoms with van der Waals surface area (Å²) in [7, 11) is 0. The van der Waals surface area contributed by atoms with E-state index in [1.807, 2.05) is 12.3 Å². The van der Waals surface area contributed by atoms with Crippen molar-refractivity contribution in [1.29, 1.82) is 0 Å². The van der Waals surface area contributed by atoms with E-state index >= 15 is 0 Å². The second kappa shape index (κ2) is 6.36. The van der Waals surface area contributed by atoms with Gasteiger partial charge in [-0.2, -0.15) is 0 Å². The maximum atomic E-state index is 6.38. The van der Waals surface area contributed by atoms with Crippen molar-refractivity contribution in [3.63, 3.8) is 0 Å². The fraction of sp³-hybridized carbons (Fsp3) is 0.500. The number of pyridine rings is 1. The fourth-order valence-electron chi connectivity index (χ4n) is 3.37. The molecule has 1 aliphatic carbocycles. The molecule has 1 heterocycles. The molecule has 0 spiro atoms. The average Bonchev–Trinajstić information content (AvgIpc) is 2.53. The Bertz CT molecular complexity index is 558. The third-order valence-electron chi connectivity index (χ3n) is 4.67. The normalized spacial score (nSPS) is 18.2. The first-order valence-corrected chi connectivity index (χ1v) is 7.93. The van der Waals surface area contributed by atoms with Gasteiger partial charge in [0, 0.05) is 17.6 Å². The second-order valence-corrected chi connectivity index (χ2v) is 6.14. The van der Waals surface area contributed by atoms with E-state index in [2.05, 4.69) is 29.2 Å². The minimum absolute atomic E-state index is 0.156. The molecular formula is C18H24N2. The van der Waals surface area contributed by atoms with Gasteiger partial charge >= 0.3 is 0 Å². The monoisotopic (exact) mass is 268 g/mol. The second-order valence-electron chi connectivity index (χ2n) is 6.14. The quantitative estimate of drug-likeness (QED) is 0.880. The van der Waals surface area contributed by atoms with Crippen molar-refractivity contribution in [2.45, 2.75) is 51.0 Å². The molecule has 2 heteroatoms. The molecule has 3 rings (SSSR count). The lowest BCUT2D eigenvalue weighted by molar-refractivity contribution is 0.324. The Balaban J connectivity index is 1.64. The Kier molecular flexibility index (Phi) is 4.31. The van der Waals surface area contributed by atoms with Gasteiger partial charge in [0.15, 0.2) is 0 Å². The summed E-state index contributed by atoms with van der Waals surface area (Å²) in [4.78, 5) is 4.42. The molecule has 106 valence electrons. The Morgan fingerprint density at radius 3 is 2.85 bits per heavy atom. The topological polar surface area (TPSA) is 38.9 Å². The summed E-state index contributed by atoms with van der Waals surface area (Å²) in [5.74, 6) is 0.911. The van der Waals surface area contributed by atoms with E-state index in [1.165, 1.54) is 49.5 Å². The fourth-order valence-corrected chi connectivity index (χ4v) is 3.37. The predicted octanol–water partition coefficient (Wildman–Crippen LogP) is 4.60. The summed E-state index contributed by atoms with van der Waals surface area (Å²) >= 11 is 0. The molecule has 0 radical (unpaired) electrons. The summed E-state index contributed by atoms with van der Waals surface area (Å²) in [5, 5.41) is 1.19. The van der Waals surface area contributed by atoms with Crippen LogP contribution in [0.15, 0.2) is 36.5 Å². The van der Waals surface area contributed by atoms with Crippen LogP contribution in [-0.2, 0) is 0 Å². The molecule has 0 saturated heterocycles. The van der Waals surface area contributed by atoms with Crippen LogP contribution in [0.1, 0.15) is 56.6 Å². The molecule has 0 amide bonds. The van der Waals surface area contributed by atoms with Crippen molar-refractivity contribution in [1.82, 2.24) is 4.98 Å². The predicted molar refractivity (Wildman–Crippen MR) is 84.5 cm³/mol. The highest BCUT2D eigenvalue weighted by atomic mass is 14.7. The van der Waals surface area contributed by atoms with E-state index in [1.54, 1.807) is 0 Å². The van der Waals surface area contributed by atoms with Gasteiger partial charge in [-0.05, 0) is 36.5 Å². The molecule has 2 nitrogen and oxygen atoms in total. The van der Waals surface area contributed by atoms with Gasteiger partial charge in [0.2, 0.25) is 0 Å². The Labute approximate surface area is 121 Å². The van der Waals surface area contributed by atoms with Crippen molar-refractivity contribution < 1.29 is 0 Å². The number of benzene rings is 1. The summed E-state index contributed by atoms with van der Waals surface area (Å²) in [6.07, 6.45) is 11.3. The van der Waals surface area contributed by atoms with Gasteiger partial charge in [0.1, 0.15) is 0 Å². The first-order valence-electron chi connectivity index (χ1n) is 7.93. The number of fused-ring (bicyclic) bond motifs is 1. The lowest BCUT2D eigenvalue weighted by atomic mass is 9.84. The number of nitrogens with two attached hydrogens (primary N) is 1. The molecule has 1 aromatic carbocycles. The first-order chi connectivity index (χ1) is 9.83. The molecule has 1 unspecified atom stereocenters. The molecule has 2 N–H and O–H groups in total. The van der Waals surface area contributed by atoms with E-state index in [-0.39, 0.29) is 6.04 Å². The van der Waals surface area contributed by atoms with Crippen LogP contribution in [-0.4, -0.2) is 4.98 Å². The standard InChI is InChI=1S/C18H24N2/c19-17(11-8-14-5-2-1-3-6-14)16-10-9-15-7-4-12-20-18(15)13-16/h4,7,9-10,12-14,17H,1-3,5-6,8,11,19H2. The van der Waals surface area contributed by atoms with E-state index in [0.717, 1.165) is 17.9 Å². The Morgan fingerprint density at radius 2 is 2.00 bits per heavy atom. The van der Waals surface area contributed by atoms with Crippen LogP contribution in [0.3, 0.4) is 0 Å². The van der Waals surface area contributed by atoms with E-state index in [0.29, 0.717) is 0 Å². The molecule has 1 aromatic heterocycles. The molecule has 20 heavy (non-hydrogen) atoms. The lowest BCUT2D eigenvalue weighted by Gasteiger charge is -2.23. The molecule has 1 saturated carbocycles. The third kappa shape index (κ3) is 3.18. The third-order valence-corrected chi connectivity index (χ3v) is 4.67. The summed E-state index contributed by atoms with van der Waals surface area (Å²) in [5.41, 5.74) is 8.66. The number of hydrogen-bond acceptors (Lipinski definition) is 2. The maximum absolute atomic E-state index is 6.38. The minimum atomic E-state index is 0.156. The zero-order valence-electron chi connectivity index (χ0n) is 12.1. The molecule has 0 aliphatic heterocycles. The zero-order valence-corrected chi connectivity index (χ0v) is 12.1. The number of hydrogen-bond donors (Lipinski definition) is 1.